The maximum atomic E-state index is 13.3. The van der Waals surface area contributed by atoms with Crippen LogP contribution in [0.15, 0.2) is 47.5 Å². The number of amides is 1. The van der Waals surface area contributed by atoms with Gasteiger partial charge in [0.15, 0.2) is 5.13 Å². The zero-order valence-electron chi connectivity index (χ0n) is 18.8. The highest BCUT2D eigenvalue weighted by Gasteiger charge is 2.33. The summed E-state index contributed by atoms with van der Waals surface area (Å²) in [6.07, 6.45) is 1.75. The van der Waals surface area contributed by atoms with Gasteiger partial charge in [-0.3, -0.25) is 4.79 Å². The van der Waals surface area contributed by atoms with E-state index in [4.69, 9.17) is 4.74 Å². The molecule has 1 amide bonds. The molecule has 1 saturated heterocycles. The molecule has 0 spiro atoms. The number of benzene rings is 1. The Morgan fingerprint density at radius 2 is 1.82 bits per heavy atom. The number of nitrogens with zero attached hydrogens (tertiary/aromatic N) is 4. The predicted octanol–water partition coefficient (Wildman–Crippen LogP) is 2.35. The summed E-state index contributed by atoms with van der Waals surface area (Å²) in [4.78, 5) is 27.1. The number of anilines is 1. The van der Waals surface area contributed by atoms with Gasteiger partial charge in [0.2, 0.25) is 15.9 Å². The van der Waals surface area contributed by atoms with Crippen LogP contribution < -0.4 is 14.4 Å². The number of hydrogen-bond donors (Lipinski definition) is 1. The number of sulfonamides is 1. The first-order valence-electron chi connectivity index (χ1n) is 10.7. The molecular formula is C22H27N5O4S2. The number of fused-ring (bicyclic) bond motifs is 1. The third-order valence-corrected chi connectivity index (χ3v) is 8.10. The molecule has 3 heterocycles. The quantitative estimate of drug-likeness (QED) is 0.543. The van der Waals surface area contributed by atoms with E-state index in [0.717, 1.165) is 15.5 Å². The smallest absolute Gasteiger partial charge is 0.241 e. The summed E-state index contributed by atoms with van der Waals surface area (Å²) in [5.41, 5.74) is 0.865. The molecule has 4 rings (SSSR count). The first kappa shape index (κ1) is 23.4. The van der Waals surface area contributed by atoms with E-state index < -0.39 is 16.1 Å². The topological polar surface area (TPSA) is 105 Å². The number of rotatable bonds is 7. The van der Waals surface area contributed by atoms with Crippen LogP contribution in [0.4, 0.5) is 5.13 Å². The Bertz CT molecular complexity index is 1190. The number of aromatic nitrogens is 2. The van der Waals surface area contributed by atoms with E-state index in [1.165, 1.54) is 30.6 Å². The molecule has 0 unspecified atom stereocenters. The Kier molecular flexibility index (Phi) is 6.82. The first-order chi connectivity index (χ1) is 15.8. The number of nitrogens with one attached hydrogen (secondary N) is 1. The van der Waals surface area contributed by atoms with E-state index in [2.05, 4.69) is 19.6 Å². The van der Waals surface area contributed by atoms with Crippen LogP contribution >= 0.6 is 11.3 Å². The summed E-state index contributed by atoms with van der Waals surface area (Å²) in [5, 5.41) is 0.886. The normalized spacial score (nSPS) is 15.8. The lowest BCUT2D eigenvalue weighted by atomic mass is 10.0. The van der Waals surface area contributed by atoms with Gasteiger partial charge in [0.1, 0.15) is 22.1 Å². The molecule has 1 atom stereocenters. The minimum Gasteiger partial charge on any atom is -0.497 e. The molecule has 1 aliphatic rings. The molecular weight excluding hydrogens is 462 g/mol. The number of carbonyl (C=O) groups excluding carboxylic acids is 1. The average molecular weight is 490 g/mol. The molecule has 0 saturated carbocycles. The molecule has 176 valence electrons. The Morgan fingerprint density at radius 1 is 1.12 bits per heavy atom. The Hall–Kier alpha value is -2.76. The summed E-state index contributed by atoms with van der Waals surface area (Å²) in [6.45, 7) is 5.92. The van der Waals surface area contributed by atoms with Crippen LogP contribution in [-0.4, -0.2) is 68.5 Å². The number of hydrogen-bond acceptors (Lipinski definition) is 8. The van der Waals surface area contributed by atoms with E-state index >= 15 is 0 Å². The van der Waals surface area contributed by atoms with Crippen molar-refractivity contribution in [2.24, 2.45) is 5.92 Å². The van der Waals surface area contributed by atoms with E-state index in [0.29, 0.717) is 31.9 Å². The summed E-state index contributed by atoms with van der Waals surface area (Å²) < 4.78 is 33.5. The van der Waals surface area contributed by atoms with Crippen molar-refractivity contribution in [1.29, 1.82) is 0 Å². The van der Waals surface area contributed by atoms with E-state index in [1.54, 1.807) is 23.2 Å². The second-order valence-electron chi connectivity index (χ2n) is 8.15. The van der Waals surface area contributed by atoms with Crippen LogP contribution in [0, 0.1) is 5.92 Å². The van der Waals surface area contributed by atoms with Crippen LogP contribution in [0.1, 0.15) is 13.8 Å². The number of thiazole rings is 1. The fourth-order valence-corrected chi connectivity index (χ4v) is 5.97. The van der Waals surface area contributed by atoms with Crippen LogP contribution in [0.3, 0.4) is 0 Å². The van der Waals surface area contributed by atoms with Gasteiger partial charge in [-0.15, -0.1) is 0 Å². The zero-order valence-corrected chi connectivity index (χ0v) is 20.4. The number of piperazine rings is 1. The number of pyridine rings is 1. The second-order valence-corrected chi connectivity index (χ2v) is 10.8. The van der Waals surface area contributed by atoms with Crippen molar-refractivity contribution in [3.8, 4) is 5.75 Å². The maximum Gasteiger partial charge on any atom is 0.241 e. The molecule has 1 fully saturated rings. The molecule has 33 heavy (non-hydrogen) atoms. The van der Waals surface area contributed by atoms with Crippen molar-refractivity contribution in [1.82, 2.24) is 19.6 Å². The van der Waals surface area contributed by atoms with Crippen molar-refractivity contribution in [3.63, 3.8) is 0 Å². The molecule has 2 aromatic heterocycles. The predicted molar refractivity (Wildman–Crippen MR) is 128 cm³/mol. The Balaban J connectivity index is 1.42. The van der Waals surface area contributed by atoms with Gasteiger partial charge in [0, 0.05) is 32.4 Å². The second kappa shape index (κ2) is 9.62. The lowest BCUT2D eigenvalue weighted by Gasteiger charge is -2.37. The van der Waals surface area contributed by atoms with Crippen LogP contribution in [-0.2, 0) is 14.8 Å². The summed E-state index contributed by atoms with van der Waals surface area (Å²) >= 11 is 1.53. The van der Waals surface area contributed by atoms with Crippen LogP contribution in [0.25, 0.3) is 10.3 Å². The van der Waals surface area contributed by atoms with E-state index in [-0.39, 0.29) is 16.7 Å². The lowest BCUT2D eigenvalue weighted by Crippen LogP contribution is -2.56. The molecule has 11 heteroatoms. The Morgan fingerprint density at radius 3 is 2.42 bits per heavy atom. The lowest BCUT2D eigenvalue weighted by molar-refractivity contribution is -0.134. The third kappa shape index (κ3) is 5.10. The number of methoxy groups -OCH3 is 1. The highest BCUT2D eigenvalue weighted by atomic mass is 32.2. The van der Waals surface area contributed by atoms with Crippen molar-refractivity contribution >= 4 is 42.7 Å². The molecule has 0 bridgehead atoms. The highest BCUT2D eigenvalue weighted by molar-refractivity contribution is 7.89. The molecule has 1 aliphatic heterocycles. The van der Waals surface area contributed by atoms with Gasteiger partial charge in [-0.05, 0) is 42.3 Å². The van der Waals surface area contributed by atoms with E-state index in [1.807, 2.05) is 26.0 Å². The largest absolute Gasteiger partial charge is 0.497 e. The zero-order chi connectivity index (χ0) is 23.6. The molecule has 0 aliphatic carbocycles. The summed E-state index contributed by atoms with van der Waals surface area (Å²) in [5.74, 6) is 0.138. The molecule has 9 nitrogen and oxygen atoms in total. The van der Waals surface area contributed by atoms with Crippen molar-refractivity contribution in [2.45, 2.75) is 24.8 Å². The van der Waals surface area contributed by atoms with Gasteiger partial charge in [-0.2, -0.15) is 4.72 Å². The van der Waals surface area contributed by atoms with Gasteiger partial charge in [0.05, 0.1) is 12.0 Å². The van der Waals surface area contributed by atoms with Gasteiger partial charge in [-0.1, -0.05) is 25.2 Å². The minimum absolute atomic E-state index is 0.0935. The third-order valence-electron chi connectivity index (χ3n) is 5.60. The van der Waals surface area contributed by atoms with Crippen molar-refractivity contribution in [3.05, 3.63) is 42.6 Å². The first-order valence-corrected chi connectivity index (χ1v) is 13.0. The van der Waals surface area contributed by atoms with Gasteiger partial charge >= 0.3 is 0 Å². The summed E-state index contributed by atoms with van der Waals surface area (Å²) in [6, 6.07) is 9.04. The fourth-order valence-electron chi connectivity index (χ4n) is 3.67. The summed E-state index contributed by atoms with van der Waals surface area (Å²) in [7, 11) is -2.34. The SMILES string of the molecule is COc1ccc(S(=O)(=O)N[C@H](C(=O)N2CCN(c3nc4cccnc4s3)CC2)C(C)C)cc1. The fraction of sp³-hybridized carbons (Fsp3) is 0.409. The standard InChI is InChI=1S/C22H27N5O4S2/c1-15(2)19(25-33(29,30)17-8-6-16(31-3)7-9-17)21(28)26-11-13-27(14-12-26)22-24-18-5-4-10-23-20(18)32-22/h4-10,15,19,25H,11-14H2,1-3H3/t19-/m0/s1. The van der Waals surface area contributed by atoms with Crippen molar-refractivity contribution in [2.75, 3.05) is 38.2 Å². The van der Waals surface area contributed by atoms with E-state index in [9.17, 15) is 13.2 Å². The van der Waals surface area contributed by atoms with Gasteiger partial charge in [0.25, 0.3) is 0 Å². The molecule has 1 aromatic carbocycles. The molecule has 1 N–H and O–H groups in total. The highest BCUT2D eigenvalue weighted by Crippen LogP contribution is 2.28. The maximum absolute atomic E-state index is 13.3. The minimum atomic E-state index is -3.86. The van der Waals surface area contributed by atoms with Crippen molar-refractivity contribution < 1.29 is 17.9 Å². The monoisotopic (exact) mass is 489 g/mol. The van der Waals surface area contributed by atoms with Gasteiger partial charge < -0.3 is 14.5 Å². The average Bonchev–Trinajstić information content (AvgIpc) is 3.26. The van der Waals surface area contributed by atoms with Crippen LogP contribution in [0.5, 0.6) is 5.75 Å². The Labute approximate surface area is 197 Å². The molecule has 3 aromatic rings. The van der Waals surface area contributed by atoms with Crippen LogP contribution in [0.2, 0.25) is 0 Å². The van der Waals surface area contributed by atoms with Gasteiger partial charge in [-0.25, -0.2) is 18.4 Å². The number of carbonyl (C=O) groups is 1. The molecule has 0 radical (unpaired) electrons. The number of ether oxygens (including phenoxy) is 1.